The first kappa shape index (κ1) is 14.1. The summed E-state index contributed by atoms with van der Waals surface area (Å²) in [5.41, 5.74) is 0.705. The number of nitrogens with zero attached hydrogens (tertiary/aromatic N) is 1. The number of hydrogen-bond acceptors (Lipinski definition) is 2. The molecule has 1 N–H and O–H groups in total. The van der Waals surface area contributed by atoms with Crippen molar-refractivity contribution in [3.63, 3.8) is 0 Å². The monoisotopic (exact) mass is 325 g/mol. The second-order valence-electron chi connectivity index (χ2n) is 5.30. The highest BCUT2D eigenvalue weighted by Crippen LogP contribution is 2.31. The lowest BCUT2D eigenvalue weighted by molar-refractivity contribution is -0.147. The van der Waals surface area contributed by atoms with E-state index in [9.17, 15) is 14.7 Å². The maximum Gasteiger partial charge on any atom is 0.311 e. The topological polar surface area (TPSA) is 57.6 Å². The van der Waals surface area contributed by atoms with Gasteiger partial charge >= 0.3 is 5.97 Å². The molecular weight excluding hydrogens is 310 g/mol. The van der Waals surface area contributed by atoms with Crippen molar-refractivity contribution in [1.29, 1.82) is 0 Å². The number of hydrogen-bond donors (Lipinski definition) is 1. The van der Waals surface area contributed by atoms with E-state index < -0.39 is 11.4 Å². The first-order valence-corrected chi connectivity index (χ1v) is 6.92. The van der Waals surface area contributed by atoms with Crippen molar-refractivity contribution < 1.29 is 14.7 Å². The highest BCUT2D eigenvalue weighted by Gasteiger charge is 2.42. The number of carboxylic acids is 1. The fourth-order valence-electron chi connectivity index (χ4n) is 2.30. The number of benzene rings is 1. The molecule has 0 saturated carbocycles. The molecule has 1 aliphatic rings. The predicted octanol–water partition coefficient (Wildman–Crippen LogP) is 2.69. The number of carbonyl (C=O) groups excluding carboxylic acids is 1. The van der Waals surface area contributed by atoms with Gasteiger partial charge in [0.05, 0.1) is 5.41 Å². The zero-order chi connectivity index (χ0) is 14.2. The molecule has 1 aliphatic heterocycles. The van der Waals surface area contributed by atoms with Gasteiger partial charge in [-0.25, -0.2) is 0 Å². The van der Waals surface area contributed by atoms with Crippen LogP contribution in [0.4, 0.5) is 0 Å². The molecule has 1 heterocycles. The quantitative estimate of drug-likeness (QED) is 0.909. The van der Waals surface area contributed by atoms with Crippen molar-refractivity contribution >= 4 is 27.8 Å². The Bertz CT molecular complexity index is 543. The molecule has 0 spiro atoms. The average Bonchev–Trinajstić information content (AvgIpc) is 2.76. The van der Waals surface area contributed by atoms with Crippen molar-refractivity contribution in [3.05, 3.63) is 33.8 Å². The Balaban J connectivity index is 2.22. The van der Waals surface area contributed by atoms with E-state index in [4.69, 9.17) is 0 Å². The lowest BCUT2D eigenvalue weighted by atomic mass is 9.90. The number of aliphatic carboxylic acids is 1. The van der Waals surface area contributed by atoms with Gasteiger partial charge in [0, 0.05) is 23.1 Å². The summed E-state index contributed by atoms with van der Waals surface area (Å²) in [6.07, 6.45) is 0.501. The Kier molecular flexibility index (Phi) is 3.67. The van der Waals surface area contributed by atoms with E-state index in [-0.39, 0.29) is 12.5 Å². The van der Waals surface area contributed by atoms with Gasteiger partial charge in [0.15, 0.2) is 0 Å². The van der Waals surface area contributed by atoms with Gasteiger partial charge in [-0.3, -0.25) is 9.59 Å². The average molecular weight is 326 g/mol. The van der Waals surface area contributed by atoms with Crippen LogP contribution in [0.15, 0.2) is 22.7 Å². The molecule has 1 unspecified atom stereocenters. The van der Waals surface area contributed by atoms with Gasteiger partial charge in [0.25, 0.3) is 5.91 Å². The summed E-state index contributed by atoms with van der Waals surface area (Å²) in [6.45, 7) is 4.34. The normalized spacial score (nSPS) is 22.6. The van der Waals surface area contributed by atoms with Crippen LogP contribution in [0.2, 0.25) is 0 Å². The van der Waals surface area contributed by atoms with Crippen LogP contribution in [0.25, 0.3) is 0 Å². The van der Waals surface area contributed by atoms with E-state index in [2.05, 4.69) is 15.9 Å². The third-order valence-electron chi connectivity index (χ3n) is 3.71. The van der Waals surface area contributed by atoms with E-state index in [1.165, 1.54) is 0 Å². The van der Waals surface area contributed by atoms with Crippen molar-refractivity contribution in [1.82, 2.24) is 4.90 Å². The number of likely N-dealkylation sites (tertiary alicyclic amines) is 1. The van der Waals surface area contributed by atoms with Gasteiger partial charge in [-0.1, -0.05) is 22.0 Å². The summed E-state index contributed by atoms with van der Waals surface area (Å²) >= 11 is 3.35. The maximum absolute atomic E-state index is 12.4. The van der Waals surface area contributed by atoms with Crippen LogP contribution in [0, 0.1) is 12.3 Å². The smallest absolute Gasteiger partial charge is 0.311 e. The van der Waals surface area contributed by atoms with Crippen LogP contribution < -0.4 is 0 Å². The lowest BCUT2D eigenvalue weighted by Crippen LogP contribution is -2.35. The van der Waals surface area contributed by atoms with Crippen LogP contribution in [0.1, 0.15) is 29.3 Å². The molecule has 1 aromatic carbocycles. The molecule has 2 rings (SSSR count). The molecule has 0 radical (unpaired) electrons. The van der Waals surface area contributed by atoms with Gasteiger partial charge in [0.1, 0.15) is 0 Å². The SMILES string of the molecule is Cc1ccc(Br)cc1C(=O)N1CCC(C)(C(=O)O)C1. The van der Waals surface area contributed by atoms with Crippen LogP contribution in [-0.2, 0) is 4.79 Å². The minimum absolute atomic E-state index is 0.0937. The third-order valence-corrected chi connectivity index (χ3v) is 4.20. The number of carboxylic acid groups (broad SMARTS) is 1. The highest BCUT2D eigenvalue weighted by molar-refractivity contribution is 9.10. The largest absolute Gasteiger partial charge is 0.481 e. The predicted molar refractivity (Wildman–Crippen MR) is 75.1 cm³/mol. The standard InChI is InChI=1S/C14H16BrNO3/c1-9-3-4-10(15)7-11(9)12(17)16-6-5-14(2,8-16)13(18)19/h3-4,7H,5-6,8H2,1-2H3,(H,18,19). The molecule has 19 heavy (non-hydrogen) atoms. The van der Waals surface area contributed by atoms with Crippen LogP contribution >= 0.6 is 15.9 Å². The van der Waals surface area contributed by atoms with Gasteiger partial charge in [-0.15, -0.1) is 0 Å². The van der Waals surface area contributed by atoms with E-state index in [0.717, 1.165) is 10.0 Å². The second-order valence-corrected chi connectivity index (χ2v) is 6.22. The fourth-order valence-corrected chi connectivity index (χ4v) is 2.67. The first-order chi connectivity index (χ1) is 8.83. The Morgan fingerprint density at radius 2 is 2.11 bits per heavy atom. The number of amides is 1. The summed E-state index contributed by atoms with van der Waals surface area (Å²) in [4.78, 5) is 25.3. The Labute approximate surface area is 120 Å². The lowest BCUT2D eigenvalue weighted by Gasteiger charge is -2.21. The Morgan fingerprint density at radius 3 is 2.68 bits per heavy atom. The van der Waals surface area contributed by atoms with Crippen molar-refractivity contribution in [2.24, 2.45) is 5.41 Å². The van der Waals surface area contributed by atoms with Crippen molar-refractivity contribution in [2.75, 3.05) is 13.1 Å². The molecule has 1 atom stereocenters. The summed E-state index contributed by atoms with van der Waals surface area (Å²) in [6, 6.07) is 5.55. The first-order valence-electron chi connectivity index (χ1n) is 6.12. The van der Waals surface area contributed by atoms with E-state index in [0.29, 0.717) is 18.5 Å². The highest BCUT2D eigenvalue weighted by atomic mass is 79.9. The molecule has 0 aromatic heterocycles. The number of halogens is 1. The summed E-state index contributed by atoms with van der Waals surface area (Å²) in [5, 5.41) is 9.20. The van der Waals surface area contributed by atoms with E-state index in [1.54, 1.807) is 17.9 Å². The minimum atomic E-state index is -0.839. The molecule has 1 fully saturated rings. The minimum Gasteiger partial charge on any atom is -0.481 e. The summed E-state index contributed by atoms with van der Waals surface area (Å²) in [7, 11) is 0. The van der Waals surface area contributed by atoms with Crippen molar-refractivity contribution in [2.45, 2.75) is 20.3 Å². The van der Waals surface area contributed by atoms with Crippen LogP contribution in [-0.4, -0.2) is 35.0 Å². The molecule has 4 nitrogen and oxygen atoms in total. The molecule has 1 amide bonds. The Hall–Kier alpha value is -1.36. The zero-order valence-electron chi connectivity index (χ0n) is 10.9. The van der Waals surface area contributed by atoms with Crippen LogP contribution in [0.5, 0.6) is 0 Å². The maximum atomic E-state index is 12.4. The second kappa shape index (κ2) is 4.96. The Morgan fingerprint density at radius 1 is 1.42 bits per heavy atom. The van der Waals surface area contributed by atoms with E-state index in [1.807, 2.05) is 19.1 Å². The molecule has 1 aromatic rings. The van der Waals surface area contributed by atoms with E-state index >= 15 is 0 Å². The van der Waals surface area contributed by atoms with Gasteiger partial charge in [-0.05, 0) is 38.0 Å². The summed E-state index contributed by atoms with van der Waals surface area (Å²) < 4.78 is 0.849. The third kappa shape index (κ3) is 2.66. The number of carbonyl (C=O) groups is 2. The van der Waals surface area contributed by atoms with Gasteiger partial charge in [-0.2, -0.15) is 0 Å². The number of rotatable bonds is 2. The molecule has 0 aliphatic carbocycles. The van der Waals surface area contributed by atoms with Crippen molar-refractivity contribution in [3.8, 4) is 0 Å². The molecule has 102 valence electrons. The van der Waals surface area contributed by atoms with Gasteiger partial charge < -0.3 is 10.0 Å². The van der Waals surface area contributed by atoms with Crippen LogP contribution in [0.3, 0.4) is 0 Å². The van der Waals surface area contributed by atoms with Gasteiger partial charge in [0.2, 0.25) is 0 Å². The fraction of sp³-hybridized carbons (Fsp3) is 0.429. The summed E-state index contributed by atoms with van der Waals surface area (Å²) in [5.74, 6) is -0.933. The molecule has 5 heteroatoms. The molecule has 1 saturated heterocycles. The molecular formula is C14H16BrNO3. The zero-order valence-corrected chi connectivity index (χ0v) is 12.5. The molecule has 0 bridgehead atoms. The number of aryl methyl sites for hydroxylation is 1.